The average molecular weight is 349 g/mol. The van der Waals surface area contributed by atoms with Crippen molar-refractivity contribution in [3.05, 3.63) is 53.9 Å². The van der Waals surface area contributed by atoms with Gasteiger partial charge in [-0.2, -0.15) is 5.26 Å². The maximum Gasteiger partial charge on any atom is 0.246 e. The van der Waals surface area contributed by atoms with Gasteiger partial charge in [0.1, 0.15) is 17.6 Å². The molecule has 7 heteroatoms. The summed E-state index contributed by atoms with van der Waals surface area (Å²) in [5.74, 6) is 0.290. The minimum atomic E-state index is -0.217. The van der Waals surface area contributed by atoms with Crippen molar-refractivity contribution < 1.29 is 4.79 Å². The molecule has 0 aliphatic heterocycles. The second-order valence-electron chi connectivity index (χ2n) is 5.99. The molecule has 1 aliphatic carbocycles. The summed E-state index contributed by atoms with van der Waals surface area (Å²) in [6, 6.07) is 13.7. The van der Waals surface area contributed by atoms with Crippen molar-refractivity contribution in [1.29, 1.82) is 5.26 Å². The number of nitrogens with one attached hydrogen (secondary N) is 1. The van der Waals surface area contributed by atoms with Crippen molar-refractivity contribution in [2.45, 2.75) is 25.3 Å². The van der Waals surface area contributed by atoms with Crippen LogP contribution in [0.3, 0.4) is 0 Å². The van der Waals surface area contributed by atoms with Gasteiger partial charge >= 0.3 is 0 Å². The zero-order chi connectivity index (χ0) is 17.2. The summed E-state index contributed by atoms with van der Waals surface area (Å²) >= 11 is 1.40. The first kappa shape index (κ1) is 15.5. The SMILES string of the molecule is N#Cc1cc(-c2ccccc2)sc1NC(=O)Cn1cc(C2CC2)nn1. The largest absolute Gasteiger partial charge is 0.315 e. The molecule has 0 radical (unpaired) electrons. The van der Waals surface area contributed by atoms with Gasteiger partial charge < -0.3 is 5.32 Å². The van der Waals surface area contributed by atoms with Crippen LogP contribution in [0.5, 0.6) is 0 Å². The third kappa shape index (κ3) is 3.44. The van der Waals surface area contributed by atoms with E-state index in [0.717, 1.165) is 29.0 Å². The van der Waals surface area contributed by atoms with Crippen LogP contribution in [0.2, 0.25) is 0 Å². The van der Waals surface area contributed by atoms with Crippen LogP contribution in [0.25, 0.3) is 10.4 Å². The number of hydrogen-bond acceptors (Lipinski definition) is 5. The lowest BCUT2D eigenvalue weighted by Gasteiger charge is -2.02. The normalized spacial score (nSPS) is 13.4. The zero-order valence-electron chi connectivity index (χ0n) is 13.3. The van der Waals surface area contributed by atoms with Crippen LogP contribution in [0.1, 0.15) is 30.0 Å². The molecule has 0 bridgehead atoms. The van der Waals surface area contributed by atoms with E-state index in [9.17, 15) is 10.1 Å². The molecule has 1 fully saturated rings. The highest BCUT2D eigenvalue weighted by Gasteiger charge is 2.26. The van der Waals surface area contributed by atoms with Crippen molar-refractivity contribution in [2.75, 3.05) is 5.32 Å². The van der Waals surface area contributed by atoms with E-state index in [4.69, 9.17) is 0 Å². The Morgan fingerprint density at radius 3 is 2.88 bits per heavy atom. The number of nitrogens with zero attached hydrogens (tertiary/aromatic N) is 4. The predicted molar refractivity (Wildman–Crippen MR) is 95.1 cm³/mol. The fraction of sp³-hybridized carbons (Fsp3) is 0.222. The van der Waals surface area contributed by atoms with Gasteiger partial charge in [-0.25, -0.2) is 4.68 Å². The lowest BCUT2D eigenvalue weighted by molar-refractivity contribution is -0.116. The van der Waals surface area contributed by atoms with Gasteiger partial charge in [0.05, 0.1) is 11.3 Å². The monoisotopic (exact) mass is 349 g/mol. The second-order valence-corrected chi connectivity index (χ2v) is 7.05. The quantitative estimate of drug-likeness (QED) is 0.765. The van der Waals surface area contributed by atoms with E-state index < -0.39 is 0 Å². The van der Waals surface area contributed by atoms with Gasteiger partial charge in [-0.3, -0.25) is 4.79 Å². The molecule has 1 aliphatic rings. The Bertz CT molecular complexity index is 950. The molecule has 0 spiro atoms. The van der Waals surface area contributed by atoms with Crippen molar-refractivity contribution in [3.63, 3.8) is 0 Å². The molecule has 0 saturated heterocycles. The van der Waals surface area contributed by atoms with Crippen LogP contribution in [0.4, 0.5) is 5.00 Å². The number of amides is 1. The van der Waals surface area contributed by atoms with E-state index in [1.165, 1.54) is 11.3 Å². The maximum absolute atomic E-state index is 12.3. The van der Waals surface area contributed by atoms with Gasteiger partial charge in [-0.15, -0.1) is 16.4 Å². The first-order valence-electron chi connectivity index (χ1n) is 8.02. The summed E-state index contributed by atoms with van der Waals surface area (Å²) in [4.78, 5) is 13.2. The lowest BCUT2D eigenvalue weighted by atomic mass is 10.2. The fourth-order valence-corrected chi connectivity index (χ4v) is 3.61. The molecule has 4 rings (SSSR count). The lowest BCUT2D eigenvalue weighted by Crippen LogP contribution is -2.19. The average Bonchev–Trinajstić information content (AvgIpc) is 3.25. The highest BCUT2D eigenvalue weighted by Crippen LogP contribution is 2.38. The molecule has 124 valence electrons. The molecule has 6 nitrogen and oxygen atoms in total. The Morgan fingerprint density at radius 1 is 1.36 bits per heavy atom. The third-order valence-electron chi connectivity index (χ3n) is 4.02. The molecule has 1 aromatic carbocycles. The highest BCUT2D eigenvalue weighted by molar-refractivity contribution is 7.19. The van der Waals surface area contributed by atoms with Crippen molar-refractivity contribution in [2.24, 2.45) is 0 Å². The second kappa shape index (κ2) is 6.49. The number of carbonyl (C=O) groups is 1. The number of benzene rings is 1. The van der Waals surface area contributed by atoms with Gasteiger partial charge in [0.15, 0.2) is 0 Å². The van der Waals surface area contributed by atoms with E-state index in [-0.39, 0.29) is 12.5 Å². The number of nitriles is 1. The first-order valence-corrected chi connectivity index (χ1v) is 8.84. The maximum atomic E-state index is 12.3. The summed E-state index contributed by atoms with van der Waals surface area (Å²) < 4.78 is 1.54. The molecule has 2 heterocycles. The van der Waals surface area contributed by atoms with Gasteiger partial charge in [-0.1, -0.05) is 35.5 Å². The Kier molecular flexibility index (Phi) is 4.04. The number of carbonyl (C=O) groups excluding carboxylic acids is 1. The van der Waals surface area contributed by atoms with Crippen LogP contribution in [-0.4, -0.2) is 20.9 Å². The highest BCUT2D eigenvalue weighted by atomic mass is 32.1. The molecular formula is C18H15N5OS. The summed E-state index contributed by atoms with van der Waals surface area (Å²) in [5, 5.41) is 20.8. The molecule has 1 saturated carbocycles. The molecule has 0 atom stereocenters. The van der Waals surface area contributed by atoms with Gasteiger partial charge in [0, 0.05) is 17.0 Å². The van der Waals surface area contributed by atoms with Gasteiger partial charge in [0.25, 0.3) is 0 Å². The van der Waals surface area contributed by atoms with Crippen LogP contribution < -0.4 is 5.32 Å². The topological polar surface area (TPSA) is 83.6 Å². The van der Waals surface area contributed by atoms with Gasteiger partial charge in [0.2, 0.25) is 5.91 Å². The summed E-state index contributed by atoms with van der Waals surface area (Å²) in [6.45, 7) is 0.0865. The first-order chi connectivity index (χ1) is 12.2. The van der Waals surface area contributed by atoms with E-state index in [0.29, 0.717) is 16.5 Å². The summed E-state index contributed by atoms with van der Waals surface area (Å²) in [6.07, 6.45) is 4.12. The minimum absolute atomic E-state index is 0.0865. The smallest absolute Gasteiger partial charge is 0.246 e. The van der Waals surface area contributed by atoms with Crippen LogP contribution in [-0.2, 0) is 11.3 Å². The summed E-state index contributed by atoms with van der Waals surface area (Å²) in [7, 11) is 0. The van der Waals surface area contributed by atoms with Gasteiger partial charge in [-0.05, 0) is 24.5 Å². The van der Waals surface area contributed by atoms with E-state index in [1.54, 1.807) is 10.7 Å². The number of thiophene rings is 1. The molecule has 25 heavy (non-hydrogen) atoms. The van der Waals surface area contributed by atoms with Crippen molar-refractivity contribution >= 4 is 22.2 Å². The molecular weight excluding hydrogens is 334 g/mol. The standard InChI is InChI=1S/C18H15N5OS/c19-9-14-8-16(13-4-2-1-3-5-13)25-18(14)20-17(24)11-23-10-15(21-22-23)12-6-7-12/h1-5,8,10,12H,6-7,11H2,(H,20,24). The van der Waals surface area contributed by atoms with E-state index in [1.807, 2.05) is 36.5 Å². The Balaban J connectivity index is 1.48. The minimum Gasteiger partial charge on any atom is -0.315 e. The molecule has 2 aromatic heterocycles. The van der Waals surface area contributed by atoms with Crippen LogP contribution in [0, 0.1) is 11.3 Å². The Morgan fingerprint density at radius 2 is 2.16 bits per heavy atom. The molecule has 3 aromatic rings. The molecule has 1 N–H and O–H groups in total. The van der Waals surface area contributed by atoms with Crippen molar-refractivity contribution in [1.82, 2.24) is 15.0 Å². The zero-order valence-corrected chi connectivity index (χ0v) is 14.2. The van der Waals surface area contributed by atoms with Crippen LogP contribution in [0.15, 0.2) is 42.6 Å². The Hall–Kier alpha value is -2.98. The van der Waals surface area contributed by atoms with Crippen molar-refractivity contribution in [3.8, 4) is 16.5 Å². The molecule has 0 unspecified atom stereocenters. The van der Waals surface area contributed by atoms with E-state index >= 15 is 0 Å². The van der Waals surface area contributed by atoms with E-state index in [2.05, 4.69) is 21.7 Å². The predicted octanol–water partition coefficient (Wildman–Crippen LogP) is 3.39. The third-order valence-corrected chi connectivity index (χ3v) is 5.12. The summed E-state index contributed by atoms with van der Waals surface area (Å²) in [5.41, 5.74) is 2.44. The number of aromatic nitrogens is 3. The number of anilines is 1. The fourth-order valence-electron chi connectivity index (χ4n) is 2.58. The molecule has 1 amide bonds. The number of rotatable bonds is 5. The number of hydrogen-bond donors (Lipinski definition) is 1. The van der Waals surface area contributed by atoms with Crippen LogP contribution >= 0.6 is 11.3 Å². The Labute approximate surface area is 148 Å².